The molecule has 0 bridgehead atoms. The number of nitrogens with zero attached hydrogens (tertiary/aromatic N) is 2. The van der Waals surface area contributed by atoms with Gasteiger partial charge >= 0.3 is 0 Å². The summed E-state index contributed by atoms with van der Waals surface area (Å²) in [6.45, 7) is 0. The molecular weight excluding hydrogens is 411 g/mol. The van der Waals surface area contributed by atoms with Crippen molar-refractivity contribution in [3.8, 4) is 39.7 Å². The highest BCUT2D eigenvalue weighted by molar-refractivity contribution is 7.90. The average molecular weight is 428 g/mol. The molecule has 6 heteroatoms. The van der Waals surface area contributed by atoms with Crippen LogP contribution in [-0.4, -0.2) is 19.7 Å². The summed E-state index contributed by atoms with van der Waals surface area (Å²) >= 11 is 0. The quantitative estimate of drug-likeness (QED) is 0.430. The smallest absolute Gasteiger partial charge is 0.175 e. The molecule has 4 rings (SSSR count). The van der Waals surface area contributed by atoms with E-state index in [1.165, 1.54) is 24.3 Å². The maximum absolute atomic E-state index is 13.5. The fourth-order valence-electron chi connectivity index (χ4n) is 3.34. The molecule has 0 spiro atoms. The van der Waals surface area contributed by atoms with Crippen molar-refractivity contribution in [1.29, 1.82) is 5.26 Å². The molecule has 4 aromatic rings. The van der Waals surface area contributed by atoms with E-state index in [4.69, 9.17) is 4.98 Å². The highest BCUT2D eigenvalue weighted by Gasteiger charge is 2.17. The van der Waals surface area contributed by atoms with Gasteiger partial charge in [-0.25, -0.2) is 17.8 Å². The van der Waals surface area contributed by atoms with Crippen molar-refractivity contribution < 1.29 is 12.8 Å². The van der Waals surface area contributed by atoms with Crippen molar-refractivity contribution in [2.24, 2.45) is 0 Å². The van der Waals surface area contributed by atoms with E-state index >= 15 is 0 Å². The van der Waals surface area contributed by atoms with Crippen LogP contribution in [0.4, 0.5) is 4.39 Å². The molecule has 0 atom stereocenters. The molecule has 0 amide bonds. The van der Waals surface area contributed by atoms with Crippen LogP contribution in [0.3, 0.4) is 0 Å². The van der Waals surface area contributed by atoms with Gasteiger partial charge < -0.3 is 0 Å². The Hall–Kier alpha value is -3.82. The molecule has 152 valence electrons. The highest BCUT2D eigenvalue weighted by atomic mass is 32.2. The second-order valence-corrected chi connectivity index (χ2v) is 9.08. The zero-order valence-corrected chi connectivity index (χ0v) is 17.4. The van der Waals surface area contributed by atoms with Crippen LogP contribution in [0.15, 0.2) is 89.8 Å². The van der Waals surface area contributed by atoms with Gasteiger partial charge in [0.2, 0.25) is 0 Å². The molecule has 0 radical (unpaired) electrons. The molecule has 0 saturated carbocycles. The van der Waals surface area contributed by atoms with E-state index in [1.807, 2.05) is 30.3 Å². The van der Waals surface area contributed by atoms with Crippen LogP contribution in [0.1, 0.15) is 5.56 Å². The topological polar surface area (TPSA) is 70.8 Å². The number of hydrogen-bond donors (Lipinski definition) is 0. The van der Waals surface area contributed by atoms with Crippen molar-refractivity contribution in [2.75, 3.05) is 6.26 Å². The summed E-state index contributed by atoms with van der Waals surface area (Å²) in [7, 11) is -3.33. The first-order valence-electron chi connectivity index (χ1n) is 9.44. The first-order valence-corrected chi connectivity index (χ1v) is 11.3. The zero-order valence-electron chi connectivity index (χ0n) is 16.6. The summed E-state index contributed by atoms with van der Waals surface area (Å²) < 4.78 is 37.1. The lowest BCUT2D eigenvalue weighted by Crippen LogP contribution is -1.98. The van der Waals surface area contributed by atoms with Gasteiger partial charge in [0.25, 0.3) is 0 Å². The fourth-order valence-corrected chi connectivity index (χ4v) is 3.97. The van der Waals surface area contributed by atoms with E-state index in [-0.39, 0.29) is 10.7 Å². The van der Waals surface area contributed by atoms with Crippen molar-refractivity contribution in [1.82, 2.24) is 4.98 Å². The minimum absolute atomic E-state index is 0.203. The largest absolute Gasteiger partial charge is 0.246 e. The number of aromatic nitrogens is 1. The molecule has 1 heterocycles. The van der Waals surface area contributed by atoms with Crippen LogP contribution in [-0.2, 0) is 9.84 Å². The van der Waals surface area contributed by atoms with Gasteiger partial charge in [0, 0.05) is 22.9 Å². The van der Waals surface area contributed by atoms with Gasteiger partial charge in [-0.3, -0.25) is 0 Å². The Bertz CT molecular complexity index is 1390. The normalized spacial score (nSPS) is 11.1. The molecule has 3 aromatic carbocycles. The number of hydrogen-bond acceptors (Lipinski definition) is 4. The molecule has 0 saturated heterocycles. The van der Waals surface area contributed by atoms with Crippen molar-refractivity contribution in [3.05, 3.63) is 96.3 Å². The van der Waals surface area contributed by atoms with Gasteiger partial charge in [-0.05, 0) is 48.0 Å². The van der Waals surface area contributed by atoms with Gasteiger partial charge in [0.05, 0.1) is 21.8 Å². The van der Waals surface area contributed by atoms with Crippen LogP contribution in [0.25, 0.3) is 33.6 Å². The van der Waals surface area contributed by atoms with E-state index in [2.05, 4.69) is 6.07 Å². The highest BCUT2D eigenvalue weighted by Crippen LogP contribution is 2.35. The lowest BCUT2D eigenvalue weighted by molar-refractivity contribution is 0.602. The molecule has 0 unspecified atom stereocenters. The van der Waals surface area contributed by atoms with Crippen LogP contribution < -0.4 is 0 Å². The summed E-state index contributed by atoms with van der Waals surface area (Å²) in [5.41, 5.74) is 4.33. The Morgan fingerprint density at radius 3 is 1.97 bits per heavy atom. The molecule has 31 heavy (non-hydrogen) atoms. The number of rotatable bonds is 4. The molecule has 1 aromatic heterocycles. The van der Waals surface area contributed by atoms with Crippen LogP contribution >= 0.6 is 0 Å². The summed E-state index contributed by atoms with van der Waals surface area (Å²) in [5.74, 6) is -0.361. The Morgan fingerprint density at radius 2 is 1.39 bits per heavy atom. The van der Waals surface area contributed by atoms with E-state index in [0.29, 0.717) is 33.6 Å². The summed E-state index contributed by atoms with van der Waals surface area (Å²) in [6, 6.07) is 25.7. The van der Waals surface area contributed by atoms with E-state index in [0.717, 1.165) is 11.8 Å². The SMILES string of the molecule is CS(=O)(=O)c1ccc(-c2cc(C#N)c(-c3ccccc3)nc2-c2ccc(F)cc2)cc1. The van der Waals surface area contributed by atoms with Crippen molar-refractivity contribution in [3.63, 3.8) is 0 Å². The van der Waals surface area contributed by atoms with E-state index in [1.54, 1.807) is 30.3 Å². The molecule has 0 aliphatic rings. The summed E-state index contributed by atoms with van der Waals surface area (Å²) in [5, 5.41) is 9.78. The summed E-state index contributed by atoms with van der Waals surface area (Å²) in [6.07, 6.45) is 1.15. The second-order valence-electron chi connectivity index (χ2n) is 7.06. The molecular formula is C25H17FN2O2S. The number of benzene rings is 3. The van der Waals surface area contributed by atoms with Crippen molar-refractivity contribution >= 4 is 9.84 Å². The van der Waals surface area contributed by atoms with Gasteiger partial charge in [0.15, 0.2) is 9.84 Å². The Balaban J connectivity index is 1.97. The lowest BCUT2D eigenvalue weighted by Gasteiger charge is -2.14. The standard InChI is InChI=1S/C25H17FN2O2S/c1-31(29,30)22-13-9-17(10-14-22)23-15-20(16-27)24(18-5-3-2-4-6-18)28-25(23)19-7-11-21(26)12-8-19/h2-15H,1H3. The Morgan fingerprint density at radius 1 is 0.806 bits per heavy atom. The van der Waals surface area contributed by atoms with Crippen molar-refractivity contribution in [2.45, 2.75) is 4.90 Å². The average Bonchev–Trinajstić information content (AvgIpc) is 2.79. The number of pyridine rings is 1. The molecule has 0 fully saturated rings. The predicted octanol–water partition coefficient (Wildman–Crippen LogP) is 5.50. The first-order chi connectivity index (χ1) is 14.9. The third kappa shape index (κ3) is 4.23. The maximum atomic E-state index is 13.5. The predicted molar refractivity (Wildman–Crippen MR) is 118 cm³/mol. The van der Waals surface area contributed by atoms with Crippen LogP contribution in [0.2, 0.25) is 0 Å². The molecule has 0 aliphatic carbocycles. The molecule has 0 aliphatic heterocycles. The number of sulfone groups is 1. The van der Waals surface area contributed by atoms with E-state index < -0.39 is 9.84 Å². The zero-order chi connectivity index (χ0) is 22.0. The third-order valence-electron chi connectivity index (χ3n) is 4.90. The minimum atomic E-state index is -3.33. The third-order valence-corrected chi connectivity index (χ3v) is 6.03. The van der Waals surface area contributed by atoms with Gasteiger partial charge in [-0.15, -0.1) is 0 Å². The number of nitriles is 1. The monoisotopic (exact) mass is 428 g/mol. The fraction of sp³-hybridized carbons (Fsp3) is 0.0400. The molecule has 0 N–H and O–H groups in total. The maximum Gasteiger partial charge on any atom is 0.175 e. The van der Waals surface area contributed by atoms with Gasteiger partial charge in [0.1, 0.15) is 11.9 Å². The van der Waals surface area contributed by atoms with E-state index in [9.17, 15) is 18.1 Å². The van der Waals surface area contributed by atoms with Crippen LogP contribution in [0.5, 0.6) is 0 Å². The Labute approximate surface area is 180 Å². The first kappa shape index (κ1) is 20.5. The lowest BCUT2D eigenvalue weighted by atomic mass is 9.95. The Kier molecular flexibility index (Phi) is 5.37. The van der Waals surface area contributed by atoms with Gasteiger partial charge in [-0.2, -0.15) is 5.26 Å². The van der Waals surface area contributed by atoms with Gasteiger partial charge in [-0.1, -0.05) is 42.5 Å². The second kappa shape index (κ2) is 8.13. The minimum Gasteiger partial charge on any atom is -0.246 e. The number of halogens is 1. The molecule has 4 nitrogen and oxygen atoms in total. The van der Waals surface area contributed by atoms with Crippen LogP contribution in [0, 0.1) is 17.1 Å². The summed E-state index contributed by atoms with van der Waals surface area (Å²) in [4.78, 5) is 5.00.